The first-order chi connectivity index (χ1) is 10.3. The van der Waals surface area contributed by atoms with Crippen LogP contribution in [-0.2, 0) is 14.8 Å². The Morgan fingerprint density at radius 2 is 1.95 bits per heavy atom. The molecule has 7 heteroatoms. The van der Waals surface area contributed by atoms with Crippen molar-refractivity contribution in [3.63, 3.8) is 0 Å². The van der Waals surface area contributed by atoms with E-state index in [4.69, 9.17) is 18.0 Å². The van der Waals surface area contributed by atoms with Gasteiger partial charge in [0, 0.05) is 0 Å². The largest absolute Gasteiger partial charge is 0.480 e. The Balaban J connectivity index is 3.50. The van der Waals surface area contributed by atoms with Crippen LogP contribution in [0.5, 0.6) is 0 Å². The first kappa shape index (κ1) is 18.5. The van der Waals surface area contributed by atoms with Crippen molar-refractivity contribution >= 4 is 27.6 Å². The van der Waals surface area contributed by atoms with Crippen molar-refractivity contribution in [2.45, 2.75) is 42.6 Å². The Labute approximate surface area is 135 Å². The first-order valence-corrected chi connectivity index (χ1v) is 8.56. The lowest BCUT2D eigenvalue weighted by atomic mass is 10.1. The van der Waals surface area contributed by atoms with E-state index in [2.05, 4.69) is 5.92 Å². The number of halogens is 1. The summed E-state index contributed by atoms with van der Waals surface area (Å²) in [6.07, 6.45) is 5.48. The van der Waals surface area contributed by atoms with Gasteiger partial charge >= 0.3 is 5.97 Å². The van der Waals surface area contributed by atoms with Gasteiger partial charge in [-0.05, 0) is 25.5 Å². The fourth-order valence-corrected chi connectivity index (χ4v) is 4.22. The molecule has 1 N–H and O–H groups in total. The maximum Gasteiger partial charge on any atom is 0.322 e. The van der Waals surface area contributed by atoms with Gasteiger partial charge in [-0.15, -0.1) is 18.0 Å². The number of carbonyl (C=O) groups is 1. The van der Waals surface area contributed by atoms with Gasteiger partial charge in [-0.2, -0.15) is 4.31 Å². The van der Waals surface area contributed by atoms with E-state index in [1.165, 1.54) is 19.1 Å². The van der Waals surface area contributed by atoms with Crippen molar-refractivity contribution in [1.82, 2.24) is 4.31 Å². The second-order valence-corrected chi connectivity index (χ2v) is 7.23. The molecule has 0 aliphatic heterocycles. The van der Waals surface area contributed by atoms with E-state index >= 15 is 0 Å². The number of hydrogen-bond donors (Lipinski definition) is 1. The highest BCUT2D eigenvalue weighted by Crippen LogP contribution is 2.25. The zero-order chi connectivity index (χ0) is 16.9. The number of aliphatic carboxylic acids is 1. The van der Waals surface area contributed by atoms with Gasteiger partial charge in [0.15, 0.2) is 0 Å². The van der Waals surface area contributed by atoms with Gasteiger partial charge in [-0.1, -0.05) is 31.0 Å². The van der Waals surface area contributed by atoms with E-state index in [9.17, 15) is 18.3 Å². The fourth-order valence-electron chi connectivity index (χ4n) is 2.10. The first-order valence-electron chi connectivity index (χ1n) is 6.69. The number of benzene rings is 1. The molecule has 0 saturated carbocycles. The van der Waals surface area contributed by atoms with Crippen molar-refractivity contribution in [2.24, 2.45) is 0 Å². The maximum absolute atomic E-state index is 12.9. The molecule has 0 bridgehead atoms. The number of terminal acetylenes is 1. The van der Waals surface area contributed by atoms with E-state index in [-0.39, 0.29) is 11.3 Å². The molecule has 5 nitrogen and oxygen atoms in total. The van der Waals surface area contributed by atoms with Crippen LogP contribution in [0.15, 0.2) is 35.2 Å². The van der Waals surface area contributed by atoms with Crippen molar-refractivity contribution in [2.75, 3.05) is 0 Å². The molecule has 3 unspecified atom stereocenters. The van der Waals surface area contributed by atoms with Crippen molar-refractivity contribution < 1.29 is 18.3 Å². The average Bonchev–Trinajstić information content (AvgIpc) is 2.47. The lowest BCUT2D eigenvalue weighted by molar-refractivity contribution is -0.141. The molecular weight excluding hydrogens is 326 g/mol. The molecule has 1 aromatic rings. The van der Waals surface area contributed by atoms with Crippen molar-refractivity contribution in [3.05, 3.63) is 30.3 Å². The van der Waals surface area contributed by atoms with Crippen LogP contribution in [-0.4, -0.2) is 41.3 Å². The molecule has 1 aromatic carbocycles. The number of hydrogen-bond acceptors (Lipinski definition) is 3. The molecule has 0 aliphatic carbocycles. The molecule has 3 atom stereocenters. The minimum absolute atomic E-state index is 0.0210. The van der Waals surface area contributed by atoms with Gasteiger partial charge in [-0.3, -0.25) is 4.79 Å². The highest BCUT2D eigenvalue weighted by molar-refractivity contribution is 7.89. The second kappa shape index (κ2) is 7.63. The maximum atomic E-state index is 12.9. The predicted octanol–water partition coefficient (Wildman–Crippen LogP) is 2.17. The molecular formula is C15H18ClNO4S. The lowest BCUT2D eigenvalue weighted by Gasteiger charge is -2.33. The third-order valence-electron chi connectivity index (χ3n) is 3.18. The van der Waals surface area contributed by atoms with Gasteiger partial charge in [0.05, 0.1) is 10.3 Å². The highest BCUT2D eigenvalue weighted by Gasteiger charge is 2.41. The van der Waals surface area contributed by atoms with Crippen LogP contribution in [0.3, 0.4) is 0 Å². The summed E-state index contributed by atoms with van der Waals surface area (Å²) < 4.78 is 26.5. The average molecular weight is 344 g/mol. The lowest BCUT2D eigenvalue weighted by Crippen LogP contribution is -2.52. The quantitative estimate of drug-likeness (QED) is 0.608. The van der Waals surface area contributed by atoms with Crippen LogP contribution in [0.1, 0.15) is 20.3 Å². The summed E-state index contributed by atoms with van der Waals surface area (Å²) in [5.41, 5.74) is 0. The summed E-state index contributed by atoms with van der Waals surface area (Å²) in [6, 6.07) is 5.22. The summed E-state index contributed by atoms with van der Waals surface area (Å²) in [5, 5.41) is 8.62. The number of nitrogens with zero attached hydrogens (tertiary/aromatic N) is 1. The zero-order valence-corrected chi connectivity index (χ0v) is 13.9. The van der Waals surface area contributed by atoms with Crippen LogP contribution < -0.4 is 0 Å². The molecule has 22 heavy (non-hydrogen) atoms. The second-order valence-electron chi connectivity index (χ2n) is 4.70. The van der Waals surface area contributed by atoms with Crippen molar-refractivity contribution in [3.8, 4) is 12.3 Å². The Kier molecular flexibility index (Phi) is 6.42. The van der Waals surface area contributed by atoms with Crippen LogP contribution in [0.25, 0.3) is 0 Å². The number of sulfonamides is 1. The van der Waals surface area contributed by atoms with Crippen molar-refractivity contribution in [1.29, 1.82) is 0 Å². The zero-order valence-electron chi connectivity index (χ0n) is 12.3. The third kappa shape index (κ3) is 3.80. The molecule has 0 aromatic heterocycles. The molecule has 120 valence electrons. The van der Waals surface area contributed by atoms with Gasteiger partial charge in [0.1, 0.15) is 12.1 Å². The number of carboxylic acids is 1. The molecule has 0 saturated heterocycles. The van der Waals surface area contributed by atoms with Crippen LogP contribution >= 0.6 is 11.6 Å². The molecule has 0 spiro atoms. The Morgan fingerprint density at radius 1 is 1.41 bits per heavy atom. The molecule has 0 heterocycles. The topological polar surface area (TPSA) is 74.7 Å². The standard InChI is InChI=1S/C15H18ClNO4S/c1-4-13(11(3)16)17(14(5-2)15(18)19)22(20,21)12-9-7-6-8-10-12/h1,6-11,13-14H,5H2,2-3H3,(H,18,19). The fraction of sp³-hybridized carbons (Fsp3) is 0.400. The van der Waals surface area contributed by atoms with Gasteiger partial charge in [-0.25, -0.2) is 8.42 Å². The Bertz CT molecular complexity index is 652. The molecule has 1 rings (SSSR count). The summed E-state index contributed by atoms with van der Waals surface area (Å²) in [7, 11) is -4.09. The minimum Gasteiger partial charge on any atom is -0.480 e. The highest BCUT2D eigenvalue weighted by atomic mass is 35.5. The van der Waals surface area contributed by atoms with Gasteiger partial charge in [0.25, 0.3) is 0 Å². The van der Waals surface area contributed by atoms with Gasteiger partial charge < -0.3 is 5.11 Å². The SMILES string of the molecule is C#CC(C(C)Cl)N(C(CC)C(=O)O)S(=O)(=O)c1ccccc1. The smallest absolute Gasteiger partial charge is 0.322 e. The molecule has 0 aliphatic rings. The predicted molar refractivity (Wildman–Crippen MR) is 85.1 cm³/mol. The van der Waals surface area contributed by atoms with E-state index < -0.39 is 33.5 Å². The Hall–Kier alpha value is -1.55. The van der Waals surface area contributed by atoms with Crippen LogP contribution in [0.2, 0.25) is 0 Å². The molecule has 0 radical (unpaired) electrons. The van der Waals surface area contributed by atoms with Crippen LogP contribution in [0, 0.1) is 12.3 Å². The van der Waals surface area contributed by atoms with Crippen LogP contribution in [0.4, 0.5) is 0 Å². The molecule has 0 fully saturated rings. The number of carboxylic acid groups (broad SMARTS) is 1. The monoisotopic (exact) mass is 343 g/mol. The van der Waals surface area contributed by atoms with Gasteiger partial charge in [0.2, 0.25) is 10.0 Å². The van der Waals surface area contributed by atoms with E-state index in [0.717, 1.165) is 4.31 Å². The summed E-state index contributed by atoms with van der Waals surface area (Å²) >= 11 is 6.00. The van der Waals surface area contributed by atoms with E-state index in [1.54, 1.807) is 25.1 Å². The summed E-state index contributed by atoms with van der Waals surface area (Å²) in [4.78, 5) is 11.5. The summed E-state index contributed by atoms with van der Waals surface area (Å²) in [5.74, 6) is 1.03. The number of rotatable bonds is 7. The number of alkyl halides is 1. The third-order valence-corrected chi connectivity index (χ3v) is 5.32. The summed E-state index contributed by atoms with van der Waals surface area (Å²) in [6.45, 7) is 3.12. The van der Waals surface area contributed by atoms with E-state index in [1.807, 2.05) is 0 Å². The molecule has 0 amide bonds. The Morgan fingerprint density at radius 3 is 2.32 bits per heavy atom. The minimum atomic E-state index is -4.09. The van der Waals surface area contributed by atoms with E-state index in [0.29, 0.717) is 0 Å². The normalized spacial score (nSPS) is 15.8.